The zero-order chi connectivity index (χ0) is 19.3. The van der Waals surface area contributed by atoms with Gasteiger partial charge in [-0.05, 0) is 49.4 Å². The average Bonchev–Trinajstić information content (AvgIpc) is 2.58. The molecule has 1 atom stereocenters. The van der Waals surface area contributed by atoms with Crippen LogP contribution >= 0.6 is 11.6 Å². The number of anilines is 1. The van der Waals surface area contributed by atoms with Gasteiger partial charge in [0.05, 0.1) is 10.6 Å². The first-order valence-corrected chi connectivity index (χ1v) is 7.66. The van der Waals surface area contributed by atoms with E-state index in [2.05, 4.69) is 10.1 Å². The molecule has 1 amide bonds. The first kappa shape index (κ1) is 19.6. The van der Waals surface area contributed by atoms with Gasteiger partial charge in [-0.2, -0.15) is 8.78 Å². The lowest BCUT2D eigenvalue weighted by Crippen LogP contribution is -2.30. The maximum atomic E-state index is 13.1. The summed E-state index contributed by atoms with van der Waals surface area (Å²) >= 11 is 5.62. The standard InChI is InChI=1S/C17H13ClF3NO4/c1-9(15(23)22-11-4-7-14(19)13(18)8-11)25-16(24)10-2-5-12(6-3-10)26-17(20)21/h2-9,17H,1H3,(H,22,23)/t9-/m0/s1. The largest absolute Gasteiger partial charge is 0.449 e. The molecule has 0 fully saturated rings. The molecule has 0 bridgehead atoms. The highest BCUT2D eigenvalue weighted by Crippen LogP contribution is 2.20. The number of carbonyl (C=O) groups is 2. The molecular weight excluding hydrogens is 375 g/mol. The van der Waals surface area contributed by atoms with Crippen molar-refractivity contribution < 1.29 is 32.2 Å². The van der Waals surface area contributed by atoms with E-state index in [0.717, 1.165) is 6.07 Å². The minimum Gasteiger partial charge on any atom is -0.449 e. The Morgan fingerprint density at radius 3 is 2.35 bits per heavy atom. The van der Waals surface area contributed by atoms with Crippen molar-refractivity contribution in [3.05, 3.63) is 58.9 Å². The van der Waals surface area contributed by atoms with Gasteiger partial charge in [-0.3, -0.25) is 4.79 Å². The van der Waals surface area contributed by atoms with Crippen molar-refractivity contribution in [2.75, 3.05) is 5.32 Å². The van der Waals surface area contributed by atoms with Crippen LogP contribution in [0.5, 0.6) is 5.75 Å². The molecule has 2 aromatic rings. The molecule has 0 spiro atoms. The Bertz CT molecular complexity index is 799. The molecule has 2 aromatic carbocycles. The van der Waals surface area contributed by atoms with Crippen LogP contribution in [0, 0.1) is 5.82 Å². The lowest BCUT2D eigenvalue weighted by Gasteiger charge is -2.14. The molecule has 138 valence electrons. The number of amides is 1. The van der Waals surface area contributed by atoms with Crippen LogP contribution in [0.15, 0.2) is 42.5 Å². The number of alkyl halides is 2. The summed E-state index contributed by atoms with van der Waals surface area (Å²) < 4.78 is 46.4. The number of esters is 1. The minimum absolute atomic E-state index is 0.0519. The number of rotatable bonds is 6. The van der Waals surface area contributed by atoms with E-state index in [4.69, 9.17) is 16.3 Å². The predicted molar refractivity (Wildman–Crippen MR) is 88.0 cm³/mol. The fourth-order valence-corrected chi connectivity index (χ4v) is 2.05. The van der Waals surface area contributed by atoms with Crippen LogP contribution in [-0.2, 0) is 9.53 Å². The normalized spacial score (nSPS) is 11.8. The number of halogens is 4. The van der Waals surface area contributed by atoms with Gasteiger partial charge in [-0.15, -0.1) is 0 Å². The van der Waals surface area contributed by atoms with Gasteiger partial charge in [0, 0.05) is 5.69 Å². The second-order valence-corrected chi connectivity index (χ2v) is 5.48. The van der Waals surface area contributed by atoms with Crippen LogP contribution in [0.4, 0.5) is 18.9 Å². The molecule has 0 saturated carbocycles. The van der Waals surface area contributed by atoms with E-state index in [1.165, 1.54) is 43.3 Å². The van der Waals surface area contributed by atoms with E-state index < -0.39 is 30.4 Å². The molecular formula is C17H13ClF3NO4. The van der Waals surface area contributed by atoms with Crippen molar-refractivity contribution in [3.8, 4) is 5.75 Å². The summed E-state index contributed by atoms with van der Waals surface area (Å²) in [5.41, 5.74) is 0.286. The van der Waals surface area contributed by atoms with E-state index in [9.17, 15) is 22.8 Å². The highest BCUT2D eigenvalue weighted by molar-refractivity contribution is 6.31. The zero-order valence-electron chi connectivity index (χ0n) is 13.3. The van der Waals surface area contributed by atoms with Gasteiger partial charge in [0.2, 0.25) is 0 Å². The number of carbonyl (C=O) groups excluding carboxylic acids is 2. The number of hydrogen-bond acceptors (Lipinski definition) is 4. The monoisotopic (exact) mass is 387 g/mol. The first-order chi connectivity index (χ1) is 12.3. The predicted octanol–water partition coefficient (Wildman–Crippen LogP) is 4.26. The Labute approximate surface area is 151 Å². The number of hydrogen-bond donors (Lipinski definition) is 1. The third-order valence-electron chi connectivity index (χ3n) is 3.16. The summed E-state index contributed by atoms with van der Waals surface area (Å²) in [6.45, 7) is -1.64. The summed E-state index contributed by atoms with van der Waals surface area (Å²) in [4.78, 5) is 24.0. The van der Waals surface area contributed by atoms with Crippen molar-refractivity contribution in [1.82, 2.24) is 0 Å². The Morgan fingerprint density at radius 1 is 1.12 bits per heavy atom. The third-order valence-corrected chi connectivity index (χ3v) is 3.45. The van der Waals surface area contributed by atoms with Gasteiger partial charge in [0.25, 0.3) is 5.91 Å². The molecule has 1 N–H and O–H groups in total. The molecule has 26 heavy (non-hydrogen) atoms. The van der Waals surface area contributed by atoms with Crippen LogP contribution in [0.1, 0.15) is 17.3 Å². The summed E-state index contributed by atoms with van der Waals surface area (Å²) in [7, 11) is 0. The number of benzene rings is 2. The topological polar surface area (TPSA) is 64.6 Å². The molecule has 0 unspecified atom stereocenters. The summed E-state index contributed by atoms with van der Waals surface area (Å²) in [5, 5.41) is 2.26. The van der Waals surface area contributed by atoms with Crippen LogP contribution < -0.4 is 10.1 Å². The first-order valence-electron chi connectivity index (χ1n) is 7.28. The molecule has 0 aromatic heterocycles. The Morgan fingerprint density at radius 2 is 1.77 bits per heavy atom. The zero-order valence-corrected chi connectivity index (χ0v) is 14.1. The van der Waals surface area contributed by atoms with E-state index >= 15 is 0 Å². The highest BCUT2D eigenvalue weighted by Gasteiger charge is 2.19. The van der Waals surface area contributed by atoms with E-state index in [1.54, 1.807) is 0 Å². The third kappa shape index (κ3) is 5.38. The molecule has 9 heteroatoms. The Kier molecular flexibility index (Phi) is 6.46. The van der Waals surface area contributed by atoms with Crippen LogP contribution in [0.2, 0.25) is 5.02 Å². The van der Waals surface area contributed by atoms with Crippen molar-refractivity contribution in [1.29, 1.82) is 0 Å². The summed E-state index contributed by atoms with van der Waals surface area (Å²) in [6, 6.07) is 8.40. The smallest absolute Gasteiger partial charge is 0.387 e. The van der Waals surface area contributed by atoms with Crippen molar-refractivity contribution in [2.24, 2.45) is 0 Å². The fourth-order valence-electron chi connectivity index (χ4n) is 1.87. The fraction of sp³-hybridized carbons (Fsp3) is 0.176. The lowest BCUT2D eigenvalue weighted by molar-refractivity contribution is -0.123. The summed E-state index contributed by atoms with van der Waals surface area (Å²) in [6.07, 6.45) is -1.16. The Hall–Kier alpha value is -2.74. The lowest BCUT2D eigenvalue weighted by atomic mass is 10.2. The number of nitrogens with one attached hydrogen (secondary N) is 1. The highest BCUT2D eigenvalue weighted by atomic mass is 35.5. The maximum absolute atomic E-state index is 13.1. The average molecular weight is 388 g/mol. The van der Waals surface area contributed by atoms with Crippen molar-refractivity contribution >= 4 is 29.2 Å². The van der Waals surface area contributed by atoms with Gasteiger partial charge < -0.3 is 14.8 Å². The van der Waals surface area contributed by atoms with Crippen LogP contribution in [0.25, 0.3) is 0 Å². The quantitative estimate of drug-likeness (QED) is 0.752. The molecule has 0 heterocycles. The van der Waals surface area contributed by atoms with Crippen LogP contribution in [0.3, 0.4) is 0 Å². The molecule has 0 aliphatic heterocycles. The minimum atomic E-state index is -2.98. The van der Waals surface area contributed by atoms with Crippen molar-refractivity contribution in [2.45, 2.75) is 19.6 Å². The molecule has 0 radical (unpaired) electrons. The van der Waals surface area contributed by atoms with E-state index in [-0.39, 0.29) is 22.0 Å². The van der Waals surface area contributed by atoms with Crippen LogP contribution in [-0.4, -0.2) is 24.6 Å². The van der Waals surface area contributed by atoms with Gasteiger partial charge in [-0.1, -0.05) is 11.6 Å². The molecule has 2 rings (SSSR count). The Balaban J connectivity index is 1.94. The van der Waals surface area contributed by atoms with E-state index in [0.29, 0.717) is 0 Å². The summed E-state index contributed by atoms with van der Waals surface area (Å²) in [5.74, 6) is -2.23. The number of ether oxygens (including phenoxy) is 2. The van der Waals surface area contributed by atoms with Gasteiger partial charge in [-0.25, -0.2) is 9.18 Å². The van der Waals surface area contributed by atoms with Crippen molar-refractivity contribution in [3.63, 3.8) is 0 Å². The second-order valence-electron chi connectivity index (χ2n) is 5.07. The SMILES string of the molecule is C[C@H](OC(=O)c1ccc(OC(F)F)cc1)C(=O)Nc1ccc(F)c(Cl)c1. The van der Waals surface area contributed by atoms with Gasteiger partial charge in [0.15, 0.2) is 6.10 Å². The second kappa shape index (κ2) is 8.57. The molecule has 0 saturated heterocycles. The molecule has 5 nitrogen and oxygen atoms in total. The van der Waals surface area contributed by atoms with Gasteiger partial charge >= 0.3 is 12.6 Å². The maximum Gasteiger partial charge on any atom is 0.387 e. The van der Waals surface area contributed by atoms with Gasteiger partial charge in [0.1, 0.15) is 11.6 Å². The van der Waals surface area contributed by atoms with E-state index in [1.807, 2.05) is 0 Å². The molecule has 0 aliphatic rings. The molecule has 0 aliphatic carbocycles.